The smallest absolute Gasteiger partial charge is 0.252 e. The van der Waals surface area contributed by atoms with Crippen LogP contribution in [0.25, 0.3) is 0 Å². The molecular weight excluding hydrogens is 274 g/mol. The number of benzene rings is 1. The van der Waals surface area contributed by atoms with Crippen molar-refractivity contribution < 1.29 is 9.53 Å². The van der Waals surface area contributed by atoms with Gasteiger partial charge in [-0.25, -0.2) is 0 Å². The average Bonchev–Trinajstić information content (AvgIpc) is 3.09. The third kappa shape index (κ3) is 3.52. The first-order valence-electron chi connectivity index (χ1n) is 8.72. The maximum atomic E-state index is 13.0. The van der Waals surface area contributed by atoms with Gasteiger partial charge in [0, 0.05) is 19.2 Å². The molecule has 3 rings (SSSR count). The number of aryl methyl sites for hydroxylation is 1. The minimum Gasteiger partial charge on any atom is -0.368 e. The lowest BCUT2D eigenvalue weighted by Gasteiger charge is -2.36. The number of hydrogen-bond donors (Lipinski definition) is 0. The van der Waals surface area contributed by atoms with Crippen LogP contribution in [0.4, 0.5) is 0 Å². The SMILES string of the molecule is Cc1ccccc1CN(C(=O)[C@@H]1CCCO1)C1CCCCC1. The highest BCUT2D eigenvalue weighted by atomic mass is 16.5. The minimum atomic E-state index is -0.203. The van der Waals surface area contributed by atoms with Crippen molar-refractivity contribution in [3.8, 4) is 0 Å². The Morgan fingerprint density at radius 2 is 1.91 bits per heavy atom. The molecule has 0 bridgehead atoms. The minimum absolute atomic E-state index is 0.203. The van der Waals surface area contributed by atoms with Crippen LogP contribution in [0.1, 0.15) is 56.1 Å². The van der Waals surface area contributed by atoms with Crippen molar-refractivity contribution in [2.24, 2.45) is 0 Å². The van der Waals surface area contributed by atoms with Gasteiger partial charge in [-0.15, -0.1) is 0 Å². The summed E-state index contributed by atoms with van der Waals surface area (Å²) in [4.78, 5) is 15.1. The molecule has 120 valence electrons. The third-order valence-electron chi connectivity index (χ3n) is 5.11. The Morgan fingerprint density at radius 3 is 2.59 bits per heavy atom. The van der Waals surface area contributed by atoms with Crippen LogP contribution in [0.2, 0.25) is 0 Å². The maximum absolute atomic E-state index is 13.0. The number of amides is 1. The lowest BCUT2D eigenvalue weighted by atomic mass is 9.93. The van der Waals surface area contributed by atoms with E-state index in [4.69, 9.17) is 4.74 Å². The van der Waals surface area contributed by atoms with E-state index in [-0.39, 0.29) is 12.0 Å². The summed E-state index contributed by atoms with van der Waals surface area (Å²) in [5, 5.41) is 0. The summed E-state index contributed by atoms with van der Waals surface area (Å²) in [6.07, 6.45) is 7.78. The second-order valence-corrected chi connectivity index (χ2v) is 6.69. The van der Waals surface area contributed by atoms with Crippen LogP contribution in [0.15, 0.2) is 24.3 Å². The van der Waals surface area contributed by atoms with Gasteiger partial charge in [0.1, 0.15) is 6.10 Å². The van der Waals surface area contributed by atoms with Gasteiger partial charge < -0.3 is 9.64 Å². The zero-order valence-electron chi connectivity index (χ0n) is 13.6. The van der Waals surface area contributed by atoms with E-state index < -0.39 is 0 Å². The Hall–Kier alpha value is -1.35. The quantitative estimate of drug-likeness (QED) is 0.845. The van der Waals surface area contributed by atoms with Crippen molar-refractivity contribution in [1.29, 1.82) is 0 Å². The van der Waals surface area contributed by atoms with Gasteiger partial charge in [0.25, 0.3) is 5.91 Å². The number of ether oxygens (including phenoxy) is 1. The van der Waals surface area contributed by atoms with Gasteiger partial charge in [0.2, 0.25) is 0 Å². The van der Waals surface area contributed by atoms with E-state index in [2.05, 4.69) is 36.1 Å². The number of nitrogens with zero attached hydrogens (tertiary/aromatic N) is 1. The Balaban J connectivity index is 1.78. The molecule has 0 unspecified atom stereocenters. The number of hydrogen-bond acceptors (Lipinski definition) is 2. The number of carbonyl (C=O) groups is 1. The molecule has 0 spiro atoms. The topological polar surface area (TPSA) is 29.5 Å². The molecule has 0 radical (unpaired) electrons. The van der Waals surface area contributed by atoms with Gasteiger partial charge in [0.15, 0.2) is 0 Å². The van der Waals surface area contributed by atoms with Crippen LogP contribution in [-0.2, 0) is 16.1 Å². The van der Waals surface area contributed by atoms with Crippen molar-refractivity contribution in [1.82, 2.24) is 4.90 Å². The summed E-state index contributed by atoms with van der Waals surface area (Å²) in [7, 11) is 0. The zero-order chi connectivity index (χ0) is 15.4. The molecule has 3 nitrogen and oxygen atoms in total. The standard InChI is InChI=1S/C19H27NO2/c1-15-8-5-6-9-16(15)14-20(17-10-3-2-4-11-17)19(21)18-12-7-13-22-18/h5-6,8-9,17-18H,2-4,7,10-14H2,1H3/t18-/m0/s1. The molecule has 22 heavy (non-hydrogen) atoms. The highest BCUT2D eigenvalue weighted by molar-refractivity contribution is 5.81. The Labute approximate surface area is 133 Å². The fourth-order valence-corrected chi connectivity index (χ4v) is 3.71. The van der Waals surface area contributed by atoms with Crippen LogP contribution in [-0.4, -0.2) is 29.6 Å². The molecule has 2 aliphatic rings. The highest BCUT2D eigenvalue weighted by Crippen LogP contribution is 2.27. The second kappa shape index (κ2) is 7.28. The largest absolute Gasteiger partial charge is 0.368 e. The maximum Gasteiger partial charge on any atom is 0.252 e. The first kappa shape index (κ1) is 15.5. The zero-order valence-corrected chi connectivity index (χ0v) is 13.6. The summed E-state index contributed by atoms with van der Waals surface area (Å²) in [6, 6.07) is 8.80. The van der Waals surface area contributed by atoms with Crippen LogP contribution >= 0.6 is 0 Å². The molecule has 2 fully saturated rings. The molecule has 1 aromatic rings. The Morgan fingerprint density at radius 1 is 1.14 bits per heavy atom. The molecular formula is C19H27NO2. The van der Waals surface area contributed by atoms with Gasteiger partial charge in [-0.05, 0) is 43.7 Å². The Bertz CT molecular complexity index is 502. The molecule has 1 atom stereocenters. The van der Waals surface area contributed by atoms with Crippen molar-refractivity contribution in [3.63, 3.8) is 0 Å². The summed E-state index contributed by atoms with van der Waals surface area (Å²) in [5.41, 5.74) is 2.53. The van der Waals surface area contributed by atoms with Gasteiger partial charge >= 0.3 is 0 Å². The lowest BCUT2D eigenvalue weighted by molar-refractivity contribution is -0.144. The van der Waals surface area contributed by atoms with Crippen LogP contribution in [0.5, 0.6) is 0 Å². The summed E-state index contributed by atoms with van der Waals surface area (Å²) < 4.78 is 5.66. The van der Waals surface area contributed by atoms with Crippen molar-refractivity contribution in [2.45, 2.75) is 70.6 Å². The molecule has 1 aliphatic heterocycles. The highest BCUT2D eigenvalue weighted by Gasteiger charge is 2.33. The van der Waals surface area contributed by atoms with E-state index in [9.17, 15) is 4.79 Å². The molecule has 3 heteroatoms. The van der Waals surface area contributed by atoms with E-state index in [1.54, 1.807) is 0 Å². The molecule has 1 amide bonds. The third-order valence-corrected chi connectivity index (χ3v) is 5.11. The first-order chi connectivity index (χ1) is 10.8. The van der Waals surface area contributed by atoms with Gasteiger partial charge in [-0.2, -0.15) is 0 Å². The summed E-state index contributed by atoms with van der Waals surface area (Å²) in [5.74, 6) is 0.215. The predicted octanol–water partition coefficient (Wildman–Crippen LogP) is 3.84. The molecule has 1 saturated heterocycles. The monoisotopic (exact) mass is 301 g/mol. The molecule has 1 heterocycles. The van der Waals surface area contributed by atoms with E-state index in [1.807, 2.05) is 0 Å². The van der Waals surface area contributed by atoms with Crippen molar-refractivity contribution in [2.75, 3.05) is 6.61 Å². The van der Waals surface area contributed by atoms with Crippen molar-refractivity contribution >= 4 is 5.91 Å². The molecule has 1 aliphatic carbocycles. The first-order valence-corrected chi connectivity index (χ1v) is 8.72. The van der Waals surface area contributed by atoms with Crippen LogP contribution < -0.4 is 0 Å². The van der Waals surface area contributed by atoms with E-state index >= 15 is 0 Å². The van der Waals surface area contributed by atoms with Gasteiger partial charge in [0.05, 0.1) is 0 Å². The van der Waals surface area contributed by atoms with Crippen LogP contribution in [0, 0.1) is 6.92 Å². The van der Waals surface area contributed by atoms with E-state index in [0.717, 1.165) is 38.8 Å². The van der Waals surface area contributed by atoms with E-state index in [1.165, 1.54) is 30.4 Å². The second-order valence-electron chi connectivity index (χ2n) is 6.69. The lowest BCUT2D eigenvalue weighted by Crippen LogP contribution is -2.45. The van der Waals surface area contributed by atoms with Gasteiger partial charge in [-0.3, -0.25) is 4.79 Å². The average molecular weight is 301 g/mol. The molecule has 0 aromatic heterocycles. The van der Waals surface area contributed by atoms with Crippen molar-refractivity contribution in [3.05, 3.63) is 35.4 Å². The fourth-order valence-electron chi connectivity index (χ4n) is 3.71. The van der Waals surface area contributed by atoms with Gasteiger partial charge in [-0.1, -0.05) is 43.5 Å². The molecule has 1 aromatic carbocycles. The van der Waals surface area contributed by atoms with Crippen LogP contribution in [0.3, 0.4) is 0 Å². The fraction of sp³-hybridized carbons (Fsp3) is 0.632. The molecule has 0 N–H and O–H groups in total. The summed E-state index contributed by atoms with van der Waals surface area (Å²) in [6.45, 7) is 3.60. The summed E-state index contributed by atoms with van der Waals surface area (Å²) >= 11 is 0. The Kier molecular flexibility index (Phi) is 5.14. The van der Waals surface area contributed by atoms with E-state index in [0.29, 0.717) is 6.04 Å². The number of rotatable bonds is 4. The number of carbonyl (C=O) groups excluding carboxylic acids is 1. The normalized spacial score (nSPS) is 22.7. The predicted molar refractivity (Wildman–Crippen MR) is 87.6 cm³/mol. The molecule has 1 saturated carbocycles.